The Balaban J connectivity index is 1.63. The molecule has 0 radical (unpaired) electrons. The normalized spacial score (nSPS) is 17.4. The van der Waals surface area contributed by atoms with Gasteiger partial charge in [0.05, 0.1) is 17.3 Å². The topological polar surface area (TPSA) is 53.5 Å². The fourth-order valence-electron chi connectivity index (χ4n) is 3.53. The van der Waals surface area contributed by atoms with Crippen molar-refractivity contribution >= 4 is 17.9 Å². The number of carbonyl (C=O) groups excluding carboxylic acids is 2. The Morgan fingerprint density at radius 3 is 2.67 bits per heavy atom. The van der Waals surface area contributed by atoms with Crippen LogP contribution in [0.25, 0.3) is 6.08 Å². The minimum absolute atomic E-state index is 0.0122. The van der Waals surface area contributed by atoms with Gasteiger partial charge in [-0.3, -0.25) is 14.6 Å². The van der Waals surface area contributed by atoms with Gasteiger partial charge in [-0.05, 0) is 36.3 Å². The van der Waals surface area contributed by atoms with Gasteiger partial charge < -0.3 is 9.80 Å². The third-order valence-corrected chi connectivity index (χ3v) is 5.54. The van der Waals surface area contributed by atoms with E-state index in [1.54, 1.807) is 41.1 Å². The Labute approximate surface area is 175 Å². The van der Waals surface area contributed by atoms with Crippen molar-refractivity contribution in [3.63, 3.8) is 0 Å². The Morgan fingerprint density at radius 2 is 2.03 bits per heavy atom. The second-order valence-corrected chi connectivity index (χ2v) is 7.61. The van der Waals surface area contributed by atoms with Gasteiger partial charge in [0, 0.05) is 45.2 Å². The first-order chi connectivity index (χ1) is 14.3. The third kappa shape index (κ3) is 4.90. The highest BCUT2D eigenvalue weighted by Gasteiger charge is 2.30. The standard InChI is InChI=1S/C23H25F2N3O2/c1-15(21-9-6-18(24)12-22(21)25)4-7-19-8-5-17(13-26-19)23(30)28-11-10-20(14-28)27(3)16(2)29/h4-9,12-13,15,20H,10-11,14H2,1-3H3/b7-4+/t15-,20+/m1/s1. The van der Waals surface area contributed by atoms with Crippen LogP contribution in [0.3, 0.4) is 0 Å². The number of carbonyl (C=O) groups is 2. The molecule has 30 heavy (non-hydrogen) atoms. The molecule has 2 heterocycles. The predicted octanol–water partition coefficient (Wildman–Crippen LogP) is 3.87. The summed E-state index contributed by atoms with van der Waals surface area (Å²) < 4.78 is 26.9. The number of likely N-dealkylation sites (tertiary alicyclic amines) is 1. The summed E-state index contributed by atoms with van der Waals surface area (Å²) in [6.07, 6.45) is 5.80. The van der Waals surface area contributed by atoms with Gasteiger partial charge in [0.2, 0.25) is 5.91 Å². The summed E-state index contributed by atoms with van der Waals surface area (Å²) in [4.78, 5) is 31.9. The maximum absolute atomic E-state index is 13.9. The zero-order valence-corrected chi connectivity index (χ0v) is 17.3. The molecule has 158 valence electrons. The summed E-state index contributed by atoms with van der Waals surface area (Å²) >= 11 is 0. The Hall–Kier alpha value is -3.09. The van der Waals surface area contributed by atoms with E-state index in [1.807, 2.05) is 6.92 Å². The first-order valence-corrected chi connectivity index (χ1v) is 9.88. The number of halogens is 2. The largest absolute Gasteiger partial charge is 0.341 e. The minimum Gasteiger partial charge on any atom is -0.341 e. The second kappa shape index (κ2) is 9.15. The molecule has 7 heteroatoms. The van der Waals surface area contributed by atoms with Crippen LogP contribution in [-0.4, -0.2) is 52.8 Å². The number of pyridine rings is 1. The van der Waals surface area contributed by atoms with Crippen LogP contribution in [0.15, 0.2) is 42.6 Å². The number of rotatable bonds is 5. The summed E-state index contributed by atoms with van der Waals surface area (Å²) in [6, 6.07) is 7.01. The molecule has 1 aromatic carbocycles. The Kier molecular flexibility index (Phi) is 6.59. The average molecular weight is 413 g/mol. The summed E-state index contributed by atoms with van der Waals surface area (Å²) in [5.74, 6) is -1.57. The van der Waals surface area contributed by atoms with Crippen molar-refractivity contribution in [3.05, 3.63) is 71.1 Å². The molecule has 0 N–H and O–H groups in total. The lowest BCUT2D eigenvalue weighted by atomic mass is 9.99. The van der Waals surface area contributed by atoms with Gasteiger partial charge in [-0.15, -0.1) is 0 Å². The van der Waals surface area contributed by atoms with E-state index in [2.05, 4.69) is 4.98 Å². The first-order valence-electron chi connectivity index (χ1n) is 9.88. The molecule has 0 saturated carbocycles. The van der Waals surface area contributed by atoms with Crippen LogP contribution in [0.4, 0.5) is 8.78 Å². The number of hydrogen-bond acceptors (Lipinski definition) is 3. The molecule has 5 nitrogen and oxygen atoms in total. The maximum Gasteiger partial charge on any atom is 0.255 e. The zero-order valence-electron chi connectivity index (χ0n) is 17.3. The summed E-state index contributed by atoms with van der Waals surface area (Å²) in [5.41, 5.74) is 1.52. The van der Waals surface area contributed by atoms with E-state index in [0.717, 1.165) is 12.5 Å². The second-order valence-electron chi connectivity index (χ2n) is 7.61. The summed E-state index contributed by atoms with van der Waals surface area (Å²) in [7, 11) is 1.75. The van der Waals surface area contributed by atoms with E-state index in [9.17, 15) is 18.4 Å². The summed E-state index contributed by atoms with van der Waals surface area (Å²) in [6.45, 7) is 4.44. The molecule has 1 saturated heterocycles. The third-order valence-electron chi connectivity index (χ3n) is 5.54. The van der Waals surface area contributed by atoms with Crippen LogP contribution in [0, 0.1) is 11.6 Å². The fraction of sp³-hybridized carbons (Fsp3) is 0.348. The number of aromatic nitrogens is 1. The number of allylic oxidation sites excluding steroid dienone is 1. The molecular weight excluding hydrogens is 388 g/mol. The van der Waals surface area contributed by atoms with Gasteiger partial charge in [-0.1, -0.05) is 19.1 Å². The van der Waals surface area contributed by atoms with Crippen LogP contribution >= 0.6 is 0 Å². The monoisotopic (exact) mass is 413 g/mol. The molecule has 1 aliphatic rings. The number of hydrogen-bond donors (Lipinski definition) is 0. The summed E-state index contributed by atoms with van der Waals surface area (Å²) in [5, 5.41) is 0. The maximum atomic E-state index is 13.9. The lowest BCUT2D eigenvalue weighted by Crippen LogP contribution is -2.38. The lowest BCUT2D eigenvalue weighted by molar-refractivity contribution is -0.129. The number of nitrogens with zero attached hydrogens (tertiary/aromatic N) is 3. The Bertz CT molecular complexity index is 959. The van der Waals surface area contributed by atoms with E-state index < -0.39 is 11.6 Å². The minimum atomic E-state index is -0.605. The van der Waals surface area contributed by atoms with Crippen molar-refractivity contribution in [2.24, 2.45) is 0 Å². The smallest absolute Gasteiger partial charge is 0.255 e. The first kappa shape index (κ1) is 21.6. The molecule has 0 unspecified atom stereocenters. The van der Waals surface area contributed by atoms with Crippen LogP contribution in [0.1, 0.15) is 47.8 Å². The highest BCUT2D eigenvalue weighted by molar-refractivity contribution is 5.94. The Morgan fingerprint density at radius 1 is 1.27 bits per heavy atom. The molecule has 3 rings (SSSR count). The molecule has 0 spiro atoms. The highest BCUT2D eigenvalue weighted by Crippen LogP contribution is 2.22. The van der Waals surface area contributed by atoms with E-state index in [0.29, 0.717) is 29.9 Å². The molecule has 2 amide bonds. The van der Waals surface area contributed by atoms with Crippen molar-refractivity contribution < 1.29 is 18.4 Å². The lowest BCUT2D eigenvalue weighted by Gasteiger charge is -2.23. The van der Waals surface area contributed by atoms with E-state index in [-0.39, 0.29) is 23.8 Å². The molecule has 1 aliphatic heterocycles. The highest BCUT2D eigenvalue weighted by atomic mass is 19.1. The van der Waals surface area contributed by atoms with Gasteiger partial charge in [-0.2, -0.15) is 0 Å². The van der Waals surface area contributed by atoms with E-state index in [1.165, 1.54) is 25.3 Å². The predicted molar refractivity (Wildman–Crippen MR) is 111 cm³/mol. The van der Waals surface area contributed by atoms with Gasteiger partial charge in [0.1, 0.15) is 11.6 Å². The van der Waals surface area contributed by atoms with E-state index >= 15 is 0 Å². The fourth-order valence-corrected chi connectivity index (χ4v) is 3.53. The molecule has 0 aliphatic carbocycles. The van der Waals surface area contributed by atoms with Gasteiger partial charge in [0.15, 0.2) is 0 Å². The van der Waals surface area contributed by atoms with Crippen LogP contribution < -0.4 is 0 Å². The van der Waals surface area contributed by atoms with Gasteiger partial charge in [-0.25, -0.2) is 8.78 Å². The molecule has 2 atom stereocenters. The van der Waals surface area contributed by atoms with Gasteiger partial charge >= 0.3 is 0 Å². The molecule has 1 fully saturated rings. The quantitative estimate of drug-likeness (QED) is 0.748. The SMILES string of the molecule is CC(=O)N(C)[C@H]1CCN(C(=O)c2ccc(/C=C/[C@@H](C)c3ccc(F)cc3F)nc2)C1. The van der Waals surface area contributed by atoms with Crippen LogP contribution in [0.5, 0.6) is 0 Å². The van der Waals surface area contributed by atoms with Crippen LogP contribution in [0.2, 0.25) is 0 Å². The van der Waals surface area contributed by atoms with Gasteiger partial charge in [0.25, 0.3) is 5.91 Å². The zero-order chi connectivity index (χ0) is 21.8. The molecular formula is C23H25F2N3O2. The number of amides is 2. The van der Waals surface area contributed by atoms with Crippen molar-refractivity contribution in [2.45, 2.75) is 32.2 Å². The van der Waals surface area contributed by atoms with Crippen molar-refractivity contribution in [2.75, 3.05) is 20.1 Å². The molecule has 0 bridgehead atoms. The molecule has 1 aromatic heterocycles. The average Bonchev–Trinajstić information content (AvgIpc) is 3.21. The van der Waals surface area contributed by atoms with Crippen molar-refractivity contribution in [1.82, 2.24) is 14.8 Å². The van der Waals surface area contributed by atoms with Crippen LogP contribution in [-0.2, 0) is 4.79 Å². The number of benzene rings is 1. The number of likely N-dealkylation sites (N-methyl/N-ethyl adjacent to an activating group) is 1. The van der Waals surface area contributed by atoms with Crippen molar-refractivity contribution in [3.8, 4) is 0 Å². The van der Waals surface area contributed by atoms with E-state index in [4.69, 9.17) is 0 Å². The molecule has 2 aromatic rings. The van der Waals surface area contributed by atoms with Crippen molar-refractivity contribution in [1.29, 1.82) is 0 Å².